The summed E-state index contributed by atoms with van der Waals surface area (Å²) in [6.07, 6.45) is 3.94. The summed E-state index contributed by atoms with van der Waals surface area (Å²) in [5, 5.41) is 4.51. The fourth-order valence-electron chi connectivity index (χ4n) is 4.20. The van der Waals surface area contributed by atoms with Gasteiger partial charge >= 0.3 is 5.97 Å². The number of fused-ring (bicyclic) bond motifs is 1. The molecule has 1 aromatic heterocycles. The maximum Gasteiger partial charge on any atom is 0.310 e. The topological polar surface area (TPSA) is 64.4 Å². The molecule has 0 bridgehead atoms. The third-order valence-corrected chi connectivity index (χ3v) is 5.54. The predicted molar refractivity (Wildman–Crippen MR) is 101 cm³/mol. The van der Waals surface area contributed by atoms with Crippen molar-refractivity contribution >= 4 is 11.9 Å². The van der Waals surface area contributed by atoms with Gasteiger partial charge in [-0.25, -0.2) is 9.07 Å². The Morgan fingerprint density at radius 2 is 2.07 bits per heavy atom. The fourth-order valence-corrected chi connectivity index (χ4v) is 4.20. The van der Waals surface area contributed by atoms with Crippen molar-refractivity contribution in [1.82, 2.24) is 14.7 Å². The Balaban J connectivity index is 1.63. The summed E-state index contributed by atoms with van der Waals surface area (Å²) >= 11 is 0. The molecule has 1 saturated heterocycles. The third-order valence-electron chi connectivity index (χ3n) is 5.54. The van der Waals surface area contributed by atoms with Crippen LogP contribution in [0.1, 0.15) is 47.9 Å². The number of para-hydroxylation sites is 1. The molecule has 7 heteroatoms. The van der Waals surface area contributed by atoms with Crippen molar-refractivity contribution in [1.29, 1.82) is 0 Å². The number of nitrogens with zero attached hydrogens (tertiary/aromatic N) is 3. The Bertz CT molecular complexity index is 908. The van der Waals surface area contributed by atoms with Crippen molar-refractivity contribution in [3.05, 3.63) is 47.0 Å². The zero-order chi connectivity index (χ0) is 19.7. The highest BCUT2D eigenvalue weighted by molar-refractivity contribution is 5.94. The summed E-state index contributed by atoms with van der Waals surface area (Å²) < 4.78 is 21.0. The molecule has 1 aliphatic carbocycles. The number of benzene rings is 1. The zero-order valence-electron chi connectivity index (χ0n) is 16.0. The van der Waals surface area contributed by atoms with Crippen LogP contribution in [0.5, 0.6) is 0 Å². The number of carbonyl (C=O) groups excluding carboxylic acids is 2. The molecule has 4 rings (SSSR count). The Morgan fingerprint density at radius 1 is 1.25 bits per heavy atom. The molecular formula is C21H24FN3O3. The number of likely N-dealkylation sites (tertiary alicyclic amines) is 1. The van der Waals surface area contributed by atoms with Gasteiger partial charge in [0.05, 0.1) is 12.5 Å². The number of hydrogen-bond acceptors (Lipinski definition) is 4. The lowest BCUT2D eigenvalue weighted by molar-refractivity contribution is -0.149. The first kappa shape index (κ1) is 18.7. The van der Waals surface area contributed by atoms with Crippen LogP contribution in [0.4, 0.5) is 4.39 Å². The van der Waals surface area contributed by atoms with Crippen LogP contribution in [0.15, 0.2) is 24.3 Å². The second-order valence-corrected chi connectivity index (χ2v) is 7.33. The van der Waals surface area contributed by atoms with Crippen LogP contribution in [0.25, 0.3) is 5.69 Å². The lowest BCUT2D eigenvalue weighted by Gasteiger charge is -2.31. The predicted octanol–water partition coefficient (Wildman–Crippen LogP) is 2.92. The lowest BCUT2D eigenvalue weighted by Crippen LogP contribution is -2.43. The molecule has 0 N–H and O–H groups in total. The van der Waals surface area contributed by atoms with E-state index in [4.69, 9.17) is 4.74 Å². The van der Waals surface area contributed by atoms with Crippen molar-refractivity contribution < 1.29 is 18.7 Å². The van der Waals surface area contributed by atoms with Crippen LogP contribution < -0.4 is 0 Å². The van der Waals surface area contributed by atoms with Gasteiger partial charge in [0.25, 0.3) is 5.91 Å². The highest BCUT2D eigenvalue weighted by atomic mass is 19.1. The number of rotatable bonds is 4. The molecule has 28 heavy (non-hydrogen) atoms. The van der Waals surface area contributed by atoms with Crippen molar-refractivity contribution in [2.45, 2.75) is 39.0 Å². The molecule has 2 aliphatic rings. The summed E-state index contributed by atoms with van der Waals surface area (Å²) in [6, 6.07) is 6.47. The SMILES string of the molecule is CCOC(=O)C1CCCN(C(=O)c2nn(-c3ccccc3F)c3c2CCC3)C1. The van der Waals surface area contributed by atoms with Gasteiger partial charge in [-0.3, -0.25) is 9.59 Å². The van der Waals surface area contributed by atoms with Crippen LogP contribution in [0, 0.1) is 11.7 Å². The monoisotopic (exact) mass is 385 g/mol. The number of esters is 1. The van der Waals surface area contributed by atoms with Gasteiger partial charge in [-0.15, -0.1) is 0 Å². The van der Waals surface area contributed by atoms with E-state index in [1.165, 1.54) is 6.07 Å². The van der Waals surface area contributed by atoms with Gasteiger partial charge in [-0.2, -0.15) is 5.10 Å². The first-order chi connectivity index (χ1) is 13.6. The first-order valence-corrected chi connectivity index (χ1v) is 9.91. The lowest BCUT2D eigenvalue weighted by atomic mass is 9.97. The number of carbonyl (C=O) groups is 2. The summed E-state index contributed by atoms with van der Waals surface area (Å²) in [4.78, 5) is 27.0. The van der Waals surface area contributed by atoms with E-state index in [0.717, 1.165) is 43.4 Å². The Labute approximate surface area is 163 Å². The molecule has 1 aliphatic heterocycles. The van der Waals surface area contributed by atoms with E-state index < -0.39 is 0 Å². The average molecular weight is 385 g/mol. The number of piperidine rings is 1. The van der Waals surface area contributed by atoms with Gasteiger partial charge < -0.3 is 9.64 Å². The summed E-state index contributed by atoms with van der Waals surface area (Å²) in [5.41, 5.74) is 2.57. The maximum absolute atomic E-state index is 14.3. The quantitative estimate of drug-likeness (QED) is 0.759. The molecule has 1 aromatic carbocycles. The fraction of sp³-hybridized carbons (Fsp3) is 0.476. The van der Waals surface area contributed by atoms with Crippen molar-refractivity contribution in [3.8, 4) is 5.69 Å². The molecule has 148 valence electrons. The van der Waals surface area contributed by atoms with E-state index in [1.807, 2.05) is 0 Å². The Morgan fingerprint density at radius 3 is 2.86 bits per heavy atom. The number of hydrogen-bond donors (Lipinski definition) is 0. The van der Waals surface area contributed by atoms with E-state index >= 15 is 0 Å². The second kappa shape index (κ2) is 7.73. The molecular weight excluding hydrogens is 361 g/mol. The molecule has 0 spiro atoms. The average Bonchev–Trinajstić information content (AvgIpc) is 3.31. The third kappa shape index (κ3) is 3.30. The van der Waals surface area contributed by atoms with Crippen LogP contribution >= 0.6 is 0 Å². The van der Waals surface area contributed by atoms with E-state index in [2.05, 4.69) is 5.10 Å². The number of aromatic nitrogens is 2. The summed E-state index contributed by atoms with van der Waals surface area (Å²) in [7, 11) is 0. The highest BCUT2D eigenvalue weighted by Crippen LogP contribution is 2.30. The minimum Gasteiger partial charge on any atom is -0.466 e. The van der Waals surface area contributed by atoms with Crippen LogP contribution in [-0.2, 0) is 22.4 Å². The van der Waals surface area contributed by atoms with Gasteiger partial charge in [0.2, 0.25) is 0 Å². The normalized spacial score (nSPS) is 18.8. The van der Waals surface area contributed by atoms with E-state index in [0.29, 0.717) is 31.1 Å². The first-order valence-electron chi connectivity index (χ1n) is 9.91. The van der Waals surface area contributed by atoms with E-state index in [-0.39, 0.29) is 23.6 Å². The van der Waals surface area contributed by atoms with Gasteiger partial charge in [0.15, 0.2) is 5.69 Å². The molecule has 1 atom stereocenters. The van der Waals surface area contributed by atoms with Crippen molar-refractivity contribution in [2.75, 3.05) is 19.7 Å². The van der Waals surface area contributed by atoms with Crippen LogP contribution in [0.3, 0.4) is 0 Å². The maximum atomic E-state index is 14.3. The molecule has 2 aromatic rings. The van der Waals surface area contributed by atoms with Crippen molar-refractivity contribution in [3.63, 3.8) is 0 Å². The molecule has 1 unspecified atom stereocenters. The Kier molecular flexibility index (Phi) is 5.15. The van der Waals surface area contributed by atoms with Gasteiger partial charge in [0, 0.05) is 24.3 Å². The van der Waals surface area contributed by atoms with Crippen LogP contribution in [-0.4, -0.2) is 46.3 Å². The minimum absolute atomic E-state index is 0.178. The van der Waals surface area contributed by atoms with Gasteiger partial charge in [-0.1, -0.05) is 12.1 Å². The summed E-state index contributed by atoms with van der Waals surface area (Å²) in [6.45, 7) is 3.06. The van der Waals surface area contributed by atoms with Gasteiger partial charge in [-0.05, 0) is 51.2 Å². The number of amides is 1. The van der Waals surface area contributed by atoms with Crippen LogP contribution in [0.2, 0.25) is 0 Å². The molecule has 0 radical (unpaired) electrons. The number of ether oxygens (including phenoxy) is 1. The molecule has 1 fully saturated rings. The molecule has 0 saturated carbocycles. The van der Waals surface area contributed by atoms with E-state index in [1.54, 1.807) is 34.7 Å². The zero-order valence-corrected chi connectivity index (χ0v) is 16.0. The highest BCUT2D eigenvalue weighted by Gasteiger charge is 2.34. The summed E-state index contributed by atoms with van der Waals surface area (Å²) in [5.74, 6) is -1.08. The molecule has 1 amide bonds. The minimum atomic E-state index is -0.362. The molecule has 2 heterocycles. The standard InChI is InChI=1S/C21H24FN3O3/c1-2-28-21(27)14-7-6-12-24(13-14)20(26)19-15-8-5-11-17(15)25(23-19)18-10-4-3-9-16(18)22/h3-4,9-10,14H,2,5-8,11-13H2,1H3. The Hall–Kier alpha value is -2.70. The van der Waals surface area contributed by atoms with Crippen molar-refractivity contribution in [2.24, 2.45) is 5.92 Å². The van der Waals surface area contributed by atoms with Gasteiger partial charge in [0.1, 0.15) is 11.5 Å². The number of halogens is 1. The van der Waals surface area contributed by atoms with E-state index in [9.17, 15) is 14.0 Å². The molecule has 6 nitrogen and oxygen atoms in total. The second-order valence-electron chi connectivity index (χ2n) is 7.33. The smallest absolute Gasteiger partial charge is 0.310 e. The largest absolute Gasteiger partial charge is 0.466 e.